The van der Waals surface area contributed by atoms with Crippen molar-refractivity contribution in [3.05, 3.63) is 24.2 Å². The summed E-state index contributed by atoms with van der Waals surface area (Å²) in [5.74, 6) is 0.509. The molecule has 6 heteroatoms. The molecule has 0 aromatic carbocycles. The van der Waals surface area contributed by atoms with Gasteiger partial charge >= 0.3 is 0 Å². The van der Waals surface area contributed by atoms with E-state index in [9.17, 15) is 4.79 Å². The summed E-state index contributed by atoms with van der Waals surface area (Å²) in [5, 5.41) is 8.58. The molecule has 0 saturated heterocycles. The molecule has 98 valence electrons. The zero-order chi connectivity index (χ0) is 13.2. The van der Waals surface area contributed by atoms with Crippen molar-refractivity contribution in [1.82, 2.24) is 4.90 Å². The van der Waals surface area contributed by atoms with E-state index >= 15 is 0 Å². The number of carbonyl (C=O) groups excluding carboxylic acids is 1. The monoisotopic (exact) mass is 251 g/mol. The molecule has 1 heterocycles. The van der Waals surface area contributed by atoms with Crippen molar-refractivity contribution in [2.75, 3.05) is 26.3 Å². The number of nitriles is 1. The summed E-state index contributed by atoms with van der Waals surface area (Å²) in [7, 11) is 0. The van der Waals surface area contributed by atoms with Crippen LogP contribution in [0.4, 0.5) is 0 Å². The van der Waals surface area contributed by atoms with Crippen molar-refractivity contribution in [3.63, 3.8) is 0 Å². The quantitative estimate of drug-likeness (QED) is 0.679. The van der Waals surface area contributed by atoms with Crippen LogP contribution in [0.1, 0.15) is 12.2 Å². The van der Waals surface area contributed by atoms with Crippen molar-refractivity contribution in [2.45, 2.75) is 13.0 Å². The summed E-state index contributed by atoms with van der Waals surface area (Å²) >= 11 is 0. The highest BCUT2D eigenvalue weighted by Gasteiger charge is 2.14. The molecule has 2 N–H and O–H groups in total. The van der Waals surface area contributed by atoms with Gasteiger partial charge < -0.3 is 19.8 Å². The first-order valence-corrected chi connectivity index (χ1v) is 5.73. The molecule has 0 radical (unpaired) electrons. The van der Waals surface area contributed by atoms with Crippen LogP contribution in [0, 0.1) is 11.3 Å². The topological polar surface area (TPSA) is 92.5 Å². The fourth-order valence-electron chi connectivity index (χ4n) is 1.40. The molecule has 0 aliphatic heterocycles. The highest BCUT2D eigenvalue weighted by atomic mass is 16.5. The summed E-state index contributed by atoms with van der Waals surface area (Å²) in [6.45, 7) is 1.41. The SMILES string of the molecule is N#CCCN(Cc1ccco1)C(=O)COCCN. The van der Waals surface area contributed by atoms with E-state index in [1.54, 1.807) is 23.3 Å². The van der Waals surface area contributed by atoms with Crippen LogP contribution in [-0.4, -0.2) is 37.1 Å². The van der Waals surface area contributed by atoms with Crippen LogP contribution in [0.3, 0.4) is 0 Å². The van der Waals surface area contributed by atoms with Crippen LogP contribution in [0.5, 0.6) is 0 Å². The summed E-state index contributed by atoms with van der Waals surface area (Å²) in [6.07, 6.45) is 1.83. The van der Waals surface area contributed by atoms with Gasteiger partial charge in [0.25, 0.3) is 0 Å². The maximum atomic E-state index is 11.9. The Kier molecular flexibility index (Phi) is 6.54. The maximum absolute atomic E-state index is 11.9. The lowest BCUT2D eigenvalue weighted by atomic mass is 10.3. The molecule has 1 aromatic rings. The number of carbonyl (C=O) groups is 1. The summed E-state index contributed by atoms with van der Waals surface area (Å²) in [6, 6.07) is 5.56. The number of hydrogen-bond donors (Lipinski definition) is 1. The average molecular weight is 251 g/mol. The summed E-state index contributed by atoms with van der Waals surface area (Å²) in [4.78, 5) is 13.4. The lowest BCUT2D eigenvalue weighted by molar-refractivity contribution is -0.136. The molecule has 0 fully saturated rings. The minimum Gasteiger partial charge on any atom is -0.467 e. The maximum Gasteiger partial charge on any atom is 0.249 e. The minimum atomic E-state index is -0.171. The van der Waals surface area contributed by atoms with Gasteiger partial charge in [-0.2, -0.15) is 5.26 Å². The van der Waals surface area contributed by atoms with Crippen molar-refractivity contribution in [3.8, 4) is 6.07 Å². The van der Waals surface area contributed by atoms with Crippen LogP contribution in [0.15, 0.2) is 22.8 Å². The standard InChI is InChI=1S/C12H17N3O3/c13-4-2-6-15(9-11-3-1-7-18-11)12(16)10-17-8-5-14/h1,3,7H,2,5-6,8-10,14H2. The van der Waals surface area contributed by atoms with E-state index in [1.807, 2.05) is 6.07 Å². The van der Waals surface area contributed by atoms with Crippen molar-refractivity contribution >= 4 is 5.91 Å². The molecule has 18 heavy (non-hydrogen) atoms. The Morgan fingerprint density at radius 1 is 1.61 bits per heavy atom. The van der Waals surface area contributed by atoms with Gasteiger partial charge in [0.1, 0.15) is 12.4 Å². The first-order chi connectivity index (χ1) is 8.77. The lowest BCUT2D eigenvalue weighted by Crippen LogP contribution is -2.34. The Hall–Kier alpha value is -1.84. The van der Waals surface area contributed by atoms with Gasteiger partial charge in [0.15, 0.2) is 0 Å². The van der Waals surface area contributed by atoms with E-state index in [2.05, 4.69) is 0 Å². The molecule has 0 spiro atoms. The molecule has 0 saturated carbocycles. The fourth-order valence-corrected chi connectivity index (χ4v) is 1.40. The van der Waals surface area contributed by atoms with Crippen molar-refractivity contribution < 1.29 is 13.9 Å². The second-order valence-corrected chi connectivity index (χ2v) is 3.64. The molecule has 0 aliphatic rings. The molecular weight excluding hydrogens is 234 g/mol. The average Bonchev–Trinajstić information content (AvgIpc) is 2.87. The Morgan fingerprint density at radius 3 is 3.06 bits per heavy atom. The number of amides is 1. The molecule has 1 amide bonds. The van der Waals surface area contributed by atoms with E-state index in [1.165, 1.54) is 0 Å². The predicted molar refractivity (Wildman–Crippen MR) is 64.2 cm³/mol. The first-order valence-electron chi connectivity index (χ1n) is 5.73. The van der Waals surface area contributed by atoms with Gasteiger partial charge in [0.05, 0.1) is 31.9 Å². The van der Waals surface area contributed by atoms with Crippen LogP contribution >= 0.6 is 0 Å². The largest absolute Gasteiger partial charge is 0.467 e. The van der Waals surface area contributed by atoms with Gasteiger partial charge in [-0.05, 0) is 12.1 Å². The van der Waals surface area contributed by atoms with E-state index in [0.29, 0.717) is 32.0 Å². The molecule has 1 aromatic heterocycles. The van der Waals surface area contributed by atoms with E-state index in [-0.39, 0.29) is 18.9 Å². The second-order valence-electron chi connectivity index (χ2n) is 3.64. The third kappa shape index (κ3) is 4.99. The van der Waals surface area contributed by atoms with Crippen LogP contribution in [0.25, 0.3) is 0 Å². The lowest BCUT2D eigenvalue weighted by Gasteiger charge is -2.20. The van der Waals surface area contributed by atoms with Crippen molar-refractivity contribution in [2.24, 2.45) is 5.73 Å². The predicted octanol–water partition coefficient (Wildman–Crippen LogP) is 0.497. The number of nitrogens with zero attached hydrogens (tertiary/aromatic N) is 2. The van der Waals surface area contributed by atoms with Gasteiger partial charge in [0.2, 0.25) is 5.91 Å². The fraction of sp³-hybridized carbons (Fsp3) is 0.500. The normalized spacial score (nSPS) is 10.0. The molecule has 0 aliphatic carbocycles. The second kappa shape index (κ2) is 8.28. The number of furan rings is 1. The third-order valence-electron chi connectivity index (χ3n) is 2.26. The van der Waals surface area contributed by atoms with E-state index in [4.69, 9.17) is 20.1 Å². The number of nitrogens with two attached hydrogens (primary N) is 1. The highest BCUT2D eigenvalue weighted by molar-refractivity contribution is 5.77. The first kappa shape index (κ1) is 14.2. The van der Waals surface area contributed by atoms with Gasteiger partial charge in [-0.1, -0.05) is 0 Å². The van der Waals surface area contributed by atoms with Gasteiger partial charge in [0, 0.05) is 13.1 Å². The molecule has 0 atom stereocenters. The molecule has 0 bridgehead atoms. The van der Waals surface area contributed by atoms with Gasteiger partial charge in [-0.25, -0.2) is 0 Å². The zero-order valence-electron chi connectivity index (χ0n) is 10.2. The minimum absolute atomic E-state index is 0.0245. The number of rotatable bonds is 8. The zero-order valence-corrected chi connectivity index (χ0v) is 10.2. The Balaban J connectivity index is 2.48. The number of hydrogen-bond acceptors (Lipinski definition) is 5. The molecule has 0 unspecified atom stereocenters. The summed E-state index contributed by atoms with van der Waals surface area (Å²) < 4.78 is 10.3. The Labute approximate surface area is 106 Å². The van der Waals surface area contributed by atoms with Gasteiger partial charge in [-0.15, -0.1) is 0 Å². The summed E-state index contributed by atoms with van der Waals surface area (Å²) in [5.41, 5.74) is 5.27. The molecule has 1 rings (SSSR count). The Bertz CT molecular complexity index is 384. The highest BCUT2D eigenvalue weighted by Crippen LogP contribution is 2.06. The van der Waals surface area contributed by atoms with E-state index < -0.39 is 0 Å². The van der Waals surface area contributed by atoms with Crippen LogP contribution < -0.4 is 5.73 Å². The van der Waals surface area contributed by atoms with Crippen molar-refractivity contribution in [1.29, 1.82) is 5.26 Å². The third-order valence-corrected chi connectivity index (χ3v) is 2.26. The Morgan fingerprint density at radius 2 is 2.44 bits per heavy atom. The van der Waals surface area contributed by atoms with Gasteiger partial charge in [-0.3, -0.25) is 4.79 Å². The molecule has 6 nitrogen and oxygen atoms in total. The van der Waals surface area contributed by atoms with Crippen LogP contribution in [0.2, 0.25) is 0 Å². The van der Waals surface area contributed by atoms with Crippen LogP contribution in [-0.2, 0) is 16.1 Å². The smallest absolute Gasteiger partial charge is 0.249 e. The molecular formula is C12H17N3O3. The number of ether oxygens (including phenoxy) is 1. The van der Waals surface area contributed by atoms with E-state index in [0.717, 1.165) is 0 Å².